The van der Waals surface area contributed by atoms with Crippen LogP contribution < -0.4 is 10.2 Å². The fourth-order valence-corrected chi connectivity index (χ4v) is 5.52. The van der Waals surface area contributed by atoms with Crippen LogP contribution in [0.25, 0.3) is 22.6 Å². The Bertz CT molecular complexity index is 1400. The fraction of sp³-hybridized carbons (Fsp3) is 0.345. The molecule has 4 heterocycles. The van der Waals surface area contributed by atoms with Crippen LogP contribution in [0.15, 0.2) is 60.8 Å². The molecule has 0 radical (unpaired) electrons. The van der Waals surface area contributed by atoms with Crippen LogP contribution in [0.5, 0.6) is 0 Å². The molecule has 0 saturated heterocycles. The number of benzene rings is 2. The normalized spacial score (nSPS) is 16.3. The Hall–Kier alpha value is -3.78. The molecule has 4 aromatic rings. The van der Waals surface area contributed by atoms with E-state index in [0.717, 1.165) is 73.9 Å². The Labute approximate surface area is 217 Å². The molecule has 2 aliphatic rings. The van der Waals surface area contributed by atoms with Crippen LogP contribution in [0, 0.1) is 5.82 Å². The zero-order valence-electron chi connectivity index (χ0n) is 21.4. The van der Waals surface area contributed by atoms with Crippen molar-refractivity contribution in [1.29, 1.82) is 0 Å². The highest BCUT2D eigenvalue weighted by molar-refractivity contribution is 5.78. The number of nitrogens with zero attached hydrogens (tertiary/aromatic N) is 6. The van der Waals surface area contributed by atoms with Crippen LogP contribution in [0.2, 0.25) is 0 Å². The summed E-state index contributed by atoms with van der Waals surface area (Å²) in [6.45, 7) is 3.60. The number of aromatic nitrogens is 4. The molecular formula is C29H32FN7. The minimum atomic E-state index is -0.253. The van der Waals surface area contributed by atoms with E-state index in [-0.39, 0.29) is 11.9 Å². The Balaban J connectivity index is 1.39. The summed E-state index contributed by atoms with van der Waals surface area (Å²) in [5.41, 5.74) is 6.31. The van der Waals surface area contributed by atoms with E-state index in [0.29, 0.717) is 5.95 Å². The molecule has 8 heteroatoms. The van der Waals surface area contributed by atoms with E-state index in [4.69, 9.17) is 9.97 Å². The maximum absolute atomic E-state index is 13.8. The highest BCUT2D eigenvalue weighted by Gasteiger charge is 2.33. The predicted molar refractivity (Wildman–Crippen MR) is 145 cm³/mol. The van der Waals surface area contributed by atoms with Gasteiger partial charge in [0.2, 0.25) is 5.95 Å². The number of likely N-dealkylation sites (N-methyl/N-ethyl adjacent to an activating group) is 1. The number of rotatable bonds is 8. The van der Waals surface area contributed by atoms with Gasteiger partial charge in [0, 0.05) is 50.0 Å². The Morgan fingerprint density at radius 3 is 2.70 bits per heavy atom. The van der Waals surface area contributed by atoms with Gasteiger partial charge < -0.3 is 19.7 Å². The summed E-state index contributed by atoms with van der Waals surface area (Å²) < 4.78 is 16.1. The number of halogens is 1. The molecule has 6 rings (SSSR count). The monoisotopic (exact) mass is 497 g/mol. The van der Waals surface area contributed by atoms with Crippen LogP contribution in [-0.4, -0.2) is 64.7 Å². The summed E-state index contributed by atoms with van der Waals surface area (Å²) in [4.78, 5) is 19.1. The van der Waals surface area contributed by atoms with Crippen LogP contribution >= 0.6 is 0 Å². The SMILES string of the molecule is CN(C)CCNc1nccc(-c2c(-c3ccc(F)cc3)nc3n2C(CN2CCc4ccccc42)CC3)n1. The first-order valence-electron chi connectivity index (χ1n) is 13.0. The highest BCUT2D eigenvalue weighted by Crippen LogP contribution is 2.40. The molecule has 0 bridgehead atoms. The van der Waals surface area contributed by atoms with Gasteiger partial charge in [0.15, 0.2) is 0 Å². The molecule has 2 aliphatic heterocycles. The van der Waals surface area contributed by atoms with E-state index in [1.54, 1.807) is 18.3 Å². The number of nitrogens with one attached hydrogen (secondary N) is 1. The molecular weight excluding hydrogens is 465 g/mol. The summed E-state index contributed by atoms with van der Waals surface area (Å²) >= 11 is 0. The van der Waals surface area contributed by atoms with E-state index in [9.17, 15) is 4.39 Å². The van der Waals surface area contributed by atoms with Gasteiger partial charge in [-0.2, -0.15) is 0 Å². The molecule has 0 fully saturated rings. The van der Waals surface area contributed by atoms with E-state index in [1.807, 2.05) is 20.2 Å². The fourth-order valence-electron chi connectivity index (χ4n) is 5.52. The Morgan fingerprint density at radius 2 is 1.86 bits per heavy atom. The molecule has 2 aromatic carbocycles. The predicted octanol–water partition coefficient (Wildman–Crippen LogP) is 4.67. The van der Waals surface area contributed by atoms with Crippen molar-refractivity contribution in [3.63, 3.8) is 0 Å². The zero-order valence-corrected chi connectivity index (χ0v) is 21.4. The standard InChI is InChI=1S/C29H32FN7/c1-35(2)18-16-32-29-31-15-13-24(33-29)28-27(21-7-9-22(30)10-8-21)34-26-12-11-23(37(26)28)19-36-17-14-20-5-3-4-6-25(20)36/h3-10,13,15,23H,11-12,14,16-19H2,1-2H3,(H,31,32,33). The molecule has 1 unspecified atom stereocenters. The minimum Gasteiger partial charge on any atom is -0.369 e. The van der Waals surface area contributed by atoms with Gasteiger partial charge in [-0.05, 0) is 68.9 Å². The Kier molecular flexibility index (Phi) is 6.34. The lowest BCUT2D eigenvalue weighted by Crippen LogP contribution is -2.28. The average Bonchev–Trinajstić information content (AvgIpc) is 3.59. The molecule has 190 valence electrons. The molecule has 7 nitrogen and oxygen atoms in total. The number of fused-ring (bicyclic) bond motifs is 2. The van der Waals surface area contributed by atoms with E-state index in [1.165, 1.54) is 23.4 Å². The van der Waals surface area contributed by atoms with Crippen LogP contribution in [0.4, 0.5) is 16.0 Å². The van der Waals surface area contributed by atoms with Crippen LogP contribution in [0.1, 0.15) is 23.9 Å². The maximum atomic E-state index is 13.8. The maximum Gasteiger partial charge on any atom is 0.223 e. The first kappa shape index (κ1) is 23.6. The first-order valence-corrected chi connectivity index (χ1v) is 13.0. The molecule has 0 spiro atoms. The summed E-state index contributed by atoms with van der Waals surface area (Å²) in [5, 5.41) is 3.34. The van der Waals surface area contributed by atoms with Crippen LogP contribution in [-0.2, 0) is 12.8 Å². The molecule has 0 saturated carbocycles. The lowest BCUT2D eigenvalue weighted by Gasteiger charge is -2.26. The number of para-hydroxylation sites is 1. The second kappa shape index (κ2) is 9.94. The third-order valence-electron chi connectivity index (χ3n) is 7.32. The minimum absolute atomic E-state index is 0.253. The Morgan fingerprint density at radius 1 is 1.03 bits per heavy atom. The van der Waals surface area contributed by atoms with E-state index >= 15 is 0 Å². The van der Waals surface area contributed by atoms with Gasteiger partial charge in [0.25, 0.3) is 0 Å². The molecule has 1 N–H and O–H groups in total. The van der Waals surface area contributed by atoms with Gasteiger partial charge in [-0.15, -0.1) is 0 Å². The lowest BCUT2D eigenvalue weighted by molar-refractivity contribution is 0.425. The van der Waals surface area contributed by atoms with E-state index < -0.39 is 0 Å². The van der Waals surface area contributed by atoms with Crippen molar-refractivity contribution >= 4 is 11.6 Å². The van der Waals surface area contributed by atoms with Crippen molar-refractivity contribution in [2.24, 2.45) is 0 Å². The van der Waals surface area contributed by atoms with Gasteiger partial charge in [-0.25, -0.2) is 19.3 Å². The number of hydrogen-bond donors (Lipinski definition) is 1. The van der Waals surface area contributed by atoms with Gasteiger partial charge in [0.05, 0.1) is 23.1 Å². The van der Waals surface area contributed by atoms with Crippen molar-refractivity contribution in [1.82, 2.24) is 24.4 Å². The van der Waals surface area contributed by atoms with Crippen molar-refractivity contribution < 1.29 is 4.39 Å². The van der Waals surface area contributed by atoms with Crippen molar-refractivity contribution in [3.8, 4) is 22.6 Å². The first-order chi connectivity index (χ1) is 18.1. The average molecular weight is 498 g/mol. The third kappa shape index (κ3) is 4.69. The van der Waals surface area contributed by atoms with Crippen LogP contribution in [0.3, 0.4) is 0 Å². The molecule has 37 heavy (non-hydrogen) atoms. The van der Waals surface area contributed by atoms with Crippen molar-refractivity contribution in [2.45, 2.75) is 25.3 Å². The molecule has 0 amide bonds. The van der Waals surface area contributed by atoms with Gasteiger partial charge >= 0.3 is 0 Å². The number of anilines is 2. The molecule has 0 aliphatic carbocycles. The number of aryl methyl sites for hydroxylation is 1. The lowest BCUT2D eigenvalue weighted by atomic mass is 10.1. The number of hydrogen-bond acceptors (Lipinski definition) is 6. The van der Waals surface area contributed by atoms with Gasteiger partial charge in [-0.1, -0.05) is 18.2 Å². The summed E-state index contributed by atoms with van der Waals surface area (Å²) in [6.07, 6.45) is 4.83. The second-order valence-corrected chi connectivity index (χ2v) is 10.1. The zero-order chi connectivity index (χ0) is 25.4. The highest BCUT2D eigenvalue weighted by atomic mass is 19.1. The number of imidazole rings is 1. The van der Waals surface area contributed by atoms with E-state index in [2.05, 4.69) is 48.9 Å². The summed E-state index contributed by atoms with van der Waals surface area (Å²) in [7, 11) is 4.09. The third-order valence-corrected chi connectivity index (χ3v) is 7.32. The summed E-state index contributed by atoms with van der Waals surface area (Å²) in [6, 6.07) is 17.5. The van der Waals surface area contributed by atoms with Crippen molar-refractivity contribution in [3.05, 3.63) is 78.0 Å². The summed E-state index contributed by atoms with van der Waals surface area (Å²) in [5.74, 6) is 1.41. The molecule has 1 atom stereocenters. The topological polar surface area (TPSA) is 62.1 Å². The van der Waals surface area contributed by atoms with Gasteiger partial charge in [-0.3, -0.25) is 0 Å². The van der Waals surface area contributed by atoms with Gasteiger partial charge in [0.1, 0.15) is 11.6 Å². The largest absolute Gasteiger partial charge is 0.369 e. The second-order valence-electron chi connectivity index (χ2n) is 10.1. The molecule has 2 aromatic heterocycles. The van der Waals surface area contributed by atoms with Crippen molar-refractivity contribution in [2.75, 3.05) is 50.5 Å². The smallest absolute Gasteiger partial charge is 0.223 e. The quantitative estimate of drug-likeness (QED) is 0.382.